The van der Waals surface area contributed by atoms with Crippen LogP contribution < -0.4 is 16.4 Å². The second-order valence-electron chi connectivity index (χ2n) is 5.85. The van der Waals surface area contributed by atoms with E-state index in [0.717, 1.165) is 17.7 Å². The molecule has 0 saturated heterocycles. The van der Waals surface area contributed by atoms with E-state index in [1.807, 2.05) is 55.6 Å². The van der Waals surface area contributed by atoms with E-state index in [4.69, 9.17) is 5.73 Å². The molecule has 126 valence electrons. The molecule has 2 atom stereocenters. The minimum Gasteiger partial charge on any atom is -0.376 e. The molecule has 0 bridgehead atoms. The minimum absolute atomic E-state index is 0.0185. The van der Waals surface area contributed by atoms with Crippen molar-refractivity contribution in [3.63, 3.8) is 0 Å². The molecule has 4 nitrogen and oxygen atoms in total. The summed E-state index contributed by atoms with van der Waals surface area (Å²) in [5.41, 5.74) is 8.60. The van der Waals surface area contributed by atoms with Crippen LogP contribution in [0.15, 0.2) is 72.9 Å². The number of carbonyl (C=O) groups excluding carboxylic acids is 1. The summed E-state index contributed by atoms with van der Waals surface area (Å²) >= 11 is 0. The summed E-state index contributed by atoms with van der Waals surface area (Å²) in [6.07, 6.45) is 1.33. The minimum atomic E-state index is -0.480. The van der Waals surface area contributed by atoms with Crippen molar-refractivity contribution < 1.29 is 4.79 Å². The first-order valence-electron chi connectivity index (χ1n) is 8.10. The molecular weight excluding hydrogens is 298 g/mol. The van der Waals surface area contributed by atoms with Gasteiger partial charge in [-0.2, -0.15) is 0 Å². The van der Waals surface area contributed by atoms with Crippen LogP contribution in [0.5, 0.6) is 0 Å². The van der Waals surface area contributed by atoms with Crippen LogP contribution in [0.2, 0.25) is 0 Å². The maximum atomic E-state index is 11.8. The smallest absolute Gasteiger partial charge is 0.240 e. The largest absolute Gasteiger partial charge is 0.376 e. The Balaban J connectivity index is 2.01. The molecule has 0 aliphatic rings. The molecule has 1 amide bonds. The monoisotopic (exact) mass is 323 g/mol. The third-order valence-electron chi connectivity index (χ3n) is 4.04. The van der Waals surface area contributed by atoms with Crippen molar-refractivity contribution in [2.24, 2.45) is 5.73 Å². The molecule has 0 aliphatic heterocycles. The molecule has 0 heterocycles. The summed E-state index contributed by atoms with van der Waals surface area (Å²) in [4.78, 5) is 11.8. The topological polar surface area (TPSA) is 67.1 Å². The summed E-state index contributed by atoms with van der Waals surface area (Å²) in [5.74, 6) is -0.380. The number of nitrogens with one attached hydrogen (secondary N) is 2. The van der Waals surface area contributed by atoms with Gasteiger partial charge in [0.05, 0.1) is 6.04 Å². The molecule has 4 heteroatoms. The summed E-state index contributed by atoms with van der Waals surface area (Å²) in [6.45, 7) is 4.10. The zero-order chi connectivity index (χ0) is 17.4. The Hall–Kier alpha value is -2.59. The molecule has 0 fully saturated rings. The fourth-order valence-electron chi connectivity index (χ4n) is 2.65. The lowest BCUT2D eigenvalue weighted by Crippen LogP contribution is -2.46. The highest BCUT2D eigenvalue weighted by Gasteiger charge is 2.20. The third-order valence-corrected chi connectivity index (χ3v) is 4.04. The van der Waals surface area contributed by atoms with Crippen molar-refractivity contribution in [3.8, 4) is 0 Å². The fraction of sp³-hybridized carbons (Fsp3) is 0.250. The molecule has 4 N–H and O–H groups in total. The van der Waals surface area contributed by atoms with Gasteiger partial charge in [-0.05, 0) is 24.6 Å². The van der Waals surface area contributed by atoms with E-state index in [9.17, 15) is 4.79 Å². The first-order valence-corrected chi connectivity index (χ1v) is 8.10. The Labute approximate surface area is 143 Å². The van der Waals surface area contributed by atoms with Crippen molar-refractivity contribution in [2.75, 3.05) is 7.05 Å². The van der Waals surface area contributed by atoms with Gasteiger partial charge in [0.2, 0.25) is 5.91 Å². The number of carbonyl (C=O) groups is 1. The highest BCUT2D eigenvalue weighted by Crippen LogP contribution is 2.10. The van der Waals surface area contributed by atoms with E-state index in [2.05, 4.69) is 29.3 Å². The lowest BCUT2D eigenvalue weighted by atomic mass is 10.0. The number of rotatable bonds is 9. The van der Waals surface area contributed by atoms with Crippen LogP contribution in [0.3, 0.4) is 0 Å². The average molecular weight is 323 g/mol. The van der Waals surface area contributed by atoms with E-state index in [-0.39, 0.29) is 11.9 Å². The van der Waals surface area contributed by atoms with Crippen molar-refractivity contribution in [1.29, 1.82) is 0 Å². The van der Waals surface area contributed by atoms with Crippen LogP contribution in [0.25, 0.3) is 0 Å². The number of hydrogen-bond donors (Lipinski definition) is 3. The van der Waals surface area contributed by atoms with Crippen LogP contribution in [0.4, 0.5) is 0 Å². The van der Waals surface area contributed by atoms with Gasteiger partial charge >= 0.3 is 0 Å². The molecule has 0 aromatic heterocycles. The van der Waals surface area contributed by atoms with E-state index < -0.39 is 6.04 Å². The molecular formula is C20H25N3O. The maximum absolute atomic E-state index is 11.8. The Bertz CT molecular complexity index is 655. The second kappa shape index (κ2) is 8.89. The van der Waals surface area contributed by atoms with E-state index >= 15 is 0 Å². The molecule has 0 aliphatic carbocycles. The first-order chi connectivity index (χ1) is 11.6. The van der Waals surface area contributed by atoms with Gasteiger partial charge in [0.25, 0.3) is 0 Å². The Morgan fingerprint density at radius 1 is 0.958 bits per heavy atom. The molecule has 2 aromatic carbocycles. The Kier molecular flexibility index (Phi) is 6.58. The van der Waals surface area contributed by atoms with Gasteiger partial charge < -0.3 is 16.4 Å². The highest BCUT2D eigenvalue weighted by atomic mass is 16.1. The maximum Gasteiger partial charge on any atom is 0.240 e. The second-order valence-corrected chi connectivity index (χ2v) is 5.85. The normalized spacial score (nSPS) is 13.0. The van der Waals surface area contributed by atoms with Crippen molar-refractivity contribution in [1.82, 2.24) is 10.6 Å². The van der Waals surface area contributed by atoms with Crippen molar-refractivity contribution >= 4 is 5.91 Å². The highest BCUT2D eigenvalue weighted by molar-refractivity contribution is 5.80. The SMILES string of the molecule is C=C(N[C@@H](Cc1ccccc1)C(N)=O)[C@H](Cc1ccccc1)NC. The number of likely N-dealkylation sites (N-methyl/N-ethyl adjacent to an activating group) is 1. The lowest BCUT2D eigenvalue weighted by Gasteiger charge is -2.25. The quantitative estimate of drug-likeness (QED) is 0.661. The van der Waals surface area contributed by atoms with E-state index in [1.165, 1.54) is 5.56 Å². The van der Waals surface area contributed by atoms with Crippen molar-refractivity contribution in [2.45, 2.75) is 24.9 Å². The van der Waals surface area contributed by atoms with Gasteiger partial charge in [-0.25, -0.2) is 0 Å². The number of primary amides is 1. The van der Waals surface area contributed by atoms with Crippen LogP contribution in [-0.4, -0.2) is 25.0 Å². The molecule has 0 saturated carbocycles. The third kappa shape index (κ3) is 5.25. The van der Waals surface area contributed by atoms with Crippen LogP contribution in [-0.2, 0) is 17.6 Å². The summed E-state index contributed by atoms with van der Waals surface area (Å²) in [7, 11) is 1.89. The van der Waals surface area contributed by atoms with Gasteiger partial charge in [-0.3, -0.25) is 4.79 Å². The Morgan fingerprint density at radius 2 is 1.42 bits per heavy atom. The molecule has 0 unspecified atom stereocenters. The predicted octanol–water partition coefficient (Wildman–Crippen LogP) is 2.02. The van der Waals surface area contributed by atoms with Gasteiger partial charge in [0, 0.05) is 12.1 Å². The van der Waals surface area contributed by atoms with Crippen LogP contribution in [0.1, 0.15) is 11.1 Å². The summed E-state index contributed by atoms with van der Waals surface area (Å²) in [6, 6.07) is 19.5. The summed E-state index contributed by atoms with van der Waals surface area (Å²) in [5, 5.41) is 6.45. The molecule has 2 rings (SSSR count). The van der Waals surface area contributed by atoms with Gasteiger partial charge in [0.15, 0.2) is 0 Å². The number of amides is 1. The number of nitrogens with two attached hydrogens (primary N) is 1. The average Bonchev–Trinajstić information content (AvgIpc) is 2.60. The molecule has 0 radical (unpaired) electrons. The lowest BCUT2D eigenvalue weighted by molar-refractivity contribution is -0.119. The van der Waals surface area contributed by atoms with Gasteiger partial charge in [-0.1, -0.05) is 67.2 Å². The number of benzene rings is 2. The predicted molar refractivity (Wildman–Crippen MR) is 98.4 cm³/mol. The standard InChI is InChI=1S/C20H25N3O/c1-15(18(22-2)13-16-9-5-3-6-10-16)23-19(20(21)24)14-17-11-7-4-8-12-17/h3-12,18-19,22-23H,1,13-14H2,2H3,(H2,21,24)/t18-,19-/m0/s1. The Morgan fingerprint density at radius 3 is 1.83 bits per heavy atom. The fourth-order valence-corrected chi connectivity index (χ4v) is 2.65. The molecule has 0 spiro atoms. The zero-order valence-corrected chi connectivity index (χ0v) is 14.0. The summed E-state index contributed by atoms with van der Waals surface area (Å²) < 4.78 is 0. The van der Waals surface area contributed by atoms with Crippen LogP contribution >= 0.6 is 0 Å². The van der Waals surface area contributed by atoms with E-state index in [1.54, 1.807) is 0 Å². The number of hydrogen-bond acceptors (Lipinski definition) is 3. The van der Waals surface area contributed by atoms with Gasteiger partial charge in [0.1, 0.15) is 6.04 Å². The first kappa shape index (κ1) is 17.8. The van der Waals surface area contributed by atoms with Crippen molar-refractivity contribution in [3.05, 3.63) is 84.1 Å². The zero-order valence-electron chi connectivity index (χ0n) is 14.0. The van der Waals surface area contributed by atoms with E-state index in [0.29, 0.717) is 6.42 Å². The molecule has 24 heavy (non-hydrogen) atoms. The van der Waals surface area contributed by atoms with Gasteiger partial charge in [-0.15, -0.1) is 0 Å². The van der Waals surface area contributed by atoms with Crippen LogP contribution in [0, 0.1) is 0 Å². The molecule has 2 aromatic rings.